The maximum atomic E-state index is 13.1. The molecule has 0 spiro atoms. The molecular weight excluding hydrogens is 323 g/mol. The lowest BCUT2D eigenvalue weighted by molar-refractivity contribution is 0.0894. The Morgan fingerprint density at radius 3 is 2.15 bits per heavy atom. The zero-order valence-corrected chi connectivity index (χ0v) is 12.4. The monoisotopic (exact) mass is 334 g/mol. The number of hydrogen-bond donors (Lipinski definition) is 0. The van der Waals surface area contributed by atoms with Crippen LogP contribution in [0, 0.1) is 12.7 Å². The Morgan fingerprint density at radius 2 is 1.55 bits per heavy atom. The third-order valence-corrected chi connectivity index (χ3v) is 3.54. The van der Waals surface area contributed by atoms with Crippen molar-refractivity contribution in [1.29, 1.82) is 0 Å². The van der Waals surface area contributed by atoms with Crippen LogP contribution in [-0.4, -0.2) is 11.6 Å². The molecule has 0 unspecified atom stereocenters. The van der Waals surface area contributed by atoms with E-state index in [0.29, 0.717) is 11.1 Å². The van der Waals surface area contributed by atoms with Crippen molar-refractivity contribution in [2.24, 2.45) is 0 Å². The number of carbonyl (C=O) groups is 2. The standard InChI is InChI=1S/C16H12BrFO2/c1-10-2-4-11(5-3-10)15(19)9-16(20)12-6-7-14(18)13(17)8-12/h2-8H,9H2,1H3. The highest BCUT2D eigenvalue weighted by Gasteiger charge is 2.14. The highest BCUT2D eigenvalue weighted by atomic mass is 79.9. The summed E-state index contributed by atoms with van der Waals surface area (Å²) < 4.78 is 13.3. The number of hydrogen-bond acceptors (Lipinski definition) is 2. The molecule has 0 aliphatic rings. The number of aryl methyl sites for hydroxylation is 1. The van der Waals surface area contributed by atoms with Crippen LogP contribution in [0.5, 0.6) is 0 Å². The number of rotatable bonds is 4. The van der Waals surface area contributed by atoms with Crippen molar-refractivity contribution in [3.05, 3.63) is 69.4 Å². The Labute approximate surface area is 124 Å². The molecule has 2 rings (SSSR count). The van der Waals surface area contributed by atoms with Crippen molar-refractivity contribution in [2.75, 3.05) is 0 Å². The Hall–Kier alpha value is -1.81. The first kappa shape index (κ1) is 14.6. The fourth-order valence-corrected chi connectivity index (χ4v) is 2.14. The van der Waals surface area contributed by atoms with Crippen LogP contribution >= 0.6 is 15.9 Å². The minimum atomic E-state index is -0.439. The summed E-state index contributed by atoms with van der Waals surface area (Å²) in [5.74, 6) is -1.00. The summed E-state index contributed by atoms with van der Waals surface area (Å²) in [5.41, 5.74) is 1.87. The van der Waals surface area contributed by atoms with E-state index in [1.54, 1.807) is 12.1 Å². The predicted octanol–water partition coefficient (Wildman–Crippen LogP) is 4.35. The first-order valence-corrected chi connectivity index (χ1v) is 6.85. The highest BCUT2D eigenvalue weighted by Crippen LogP contribution is 2.18. The van der Waals surface area contributed by atoms with Crippen molar-refractivity contribution in [2.45, 2.75) is 13.3 Å². The van der Waals surface area contributed by atoms with Gasteiger partial charge in [-0.1, -0.05) is 29.8 Å². The van der Waals surface area contributed by atoms with Crippen LogP contribution < -0.4 is 0 Å². The average Bonchev–Trinajstić information content (AvgIpc) is 2.42. The van der Waals surface area contributed by atoms with Crippen LogP contribution in [0.4, 0.5) is 4.39 Å². The second-order valence-electron chi connectivity index (χ2n) is 4.52. The van der Waals surface area contributed by atoms with Crippen LogP contribution in [0.1, 0.15) is 32.7 Å². The van der Waals surface area contributed by atoms with Crippen molar-refractivity contribution >= 4 is 27.5 Å². The van der Waals surface area contributed by atoms with Crippen molar-refractivity contribution < 1.29 is 14.0 Å². The molecule has 0 radical (unpaired) electrons. The molecule has 2 aromatic carbocycles. The van der Waals surface area contributed by atoms with Gasteiger partial charge in [-0.3, -0.25) is 9.59 Å². The van der Waals surface area contributed by atoms with Crippen molar-refractivity contribution in [1.82, 2.24) is 0 Å². The quantitative estimate of drug-likeness (QED) is 0.615. The maximum absolute atomic E-state index is 13.1. The Morgan fingerprint density at radius 1 is 1.00 bits per heavy atom. The lowest BCUT2D eigenvalue weighted by atomic mass is 10.0. The number of ketones is 2. The lowest BCUT2D eigenvalue weighted by Gasteiger charge is -2.03. The maximum Gasteiger partial charge on any atom is 0.170 e. The summed E-state index contributed by atoms with van der Waals surface area (Å²) in [6.07, 6.45) is -0.221. The largest absolute Gasteiger partial charge is 0.294 e. The van der Waals surface area contributed by atoms with E-state index in [1.807, 2.05) is 19.1 Å². The molecule has 2 nitrogen and oxygen atoms in total. The van der Waals surface area contributed by atoms with Gasteiger partial charge in [0.2, 0.25) is 0 Å². The van der Waals surface area contributed by atoms with Gasteiger partial charge in [-0.05, 0) is 41.1 Å². The summed E-state index contributed by atoms with van der Waals surface area (Å²) in [5, 5.41) is 0. The molecule has 0 aliphatic carbocycles. The molecule has 102 valence electrons. The molecule has 0 amide bonds. The zero-order valence-electron chi connectivity index (χ0n) is 10.8. The Kier molecular flexibility index (Phi) is 4.45. The molecule has 2 aromatic rings. The van der Waals surface area contributed by atoms with E-state index in [0.717, 1.165) is 5.56 Å². The minimum Gasteiger partial charge on any atom is -0.294 e. The van der Waals surface area contributed by atoms with E-state index < -0.39 is 5.82 Å². The van der Waals surface area contributed by atoms with Gasteiger partial charge in [0, 0.05) is 11.1 Å². The topological polar surface area (TPSA) is 34.1 Å². The van der Waals surface area contributed by atoms with Gasteiger partial charge in [0.25, 0.3) is 0 Å². The number of halogens is 2. The second kappa shape index (κ2) is 6.09. The molecule has 4 heteroatoms. The summed E-state index contributed by atoms with van der Waals surface area (Å²) in [7, 11) is 0. The summed E-state index contributed by atoms with van der Waals surface area (Å²) >= 11 is 3.02. The van der Waals surface area contributed by atoms with E-state index >= 15 is 0 Å². The van der Waals surface area contributed by atoms with E-state index in [1.165, 1.54) is 18.2 Å². The zero-order chi connectivity index (χ0) is 14.7. The van der Waals surface area contributed by atoms with E-state index in [-0.39, 0.29) is 22.5 Å². The van der Waals surface area contributed by atoms with Crippen molar-refractivity contribution in [3.8, 4) is 0 Å². The molecule has 0 heterocycles. The molecular formula is C16H12BrFO2. The second-order valence-corrected chi connectivity index (χ2v) is 5.37. The van der Waals surface area contributed by atoms with Gasteiger partial charge in [0.15, 0.2) is 11.6 Å². The van der Waals surface area contributed by atoms with Gasteiger partial charge < -0.3 is 0 Å². The Bertz CT molecular complexity index is 663. The molecule has 0 atom stereocenters. The number of carbonyl (C=O) groups excluding carboxylic acids is 2. The number of Topliss-reactive ketones (excluding diaryl/α,β-unsaturated/α-hetero) is 2. The lowest BCUT2D eigenvalue weighted by Crippen LogP contribution is -2.08. The minimum absolute atomic E-state index is 0.214. The van der Waals surface area contributed by atoms with E-state index in [9.17, 15) is 14.0 Å². The summed E-state index contributed by atoms with van der Waals surface area (Å²) in [6, 6.07) is 11.0. The molecule has 0 saturated heterocycles. The van der Waals surface area contributed by atoms with Gasteiger partial charge in [-0.2, -0.15) is 0 Å². The van der Waals surface area contributed by atoms with Gasteiger partial charge in [-0.25, -0.2) is 4.39 Å². The summed E-state index contributed by atoms with van der Waals surface area (Å²) in [4.78, 5) is 24.0. The molecule has 20 heavy (non-hydrogen) atoms. The van der Waals surface area contributed by atoms with Crippen LogP contribution in [0.3, 0.4) is 0 Å². The summed E-state index contributed by atoms with van der Waals surface area (Å²) in [6.45, 7) is 1.93. The molecule has 0 saturated carbocycles. The third kappa shape index (κ3) is 3.39. The van der Waals surface area contributed by atoms with Gasteiger partial charge >= 0.3 is 0 Å². The fourth-order valence-electron chi connectivity index (χ4n) is 1.76. The molecule has 0 N–H and O–H groups in total. The van der Waals surface area contributed by atoms with Gasteiger partial charge in [-0.15, -0.1) is 0 Å². The average molecular weight is 335 g/mol. The van der Waals surface area contributed by atoms with Crippen molar-refractivity contribution in [3.63, 3.8) is 0 Å². The van der Waals surface area contributed by atoms with E-state index in [4.69, 9.17) is 0 Å². The molecule has 0 aliphatic heterocycles. The number of benzene rings is 2. The third-order valence-electron chi connectivity index (χ3n) is 2.94. The molecule has 0 fully saturated rings. The van der Waals surface area contributed by atoms with Crippen LogP contribution in [0.2, 0.25) is 0 Å². The smallest absolute Gasteiger partial charge is 0.170 e. The van der Waals surface area contributed by atoms with Gasteiger partial charge in [0.1, 0.15) is 5.82 Å². The van der Waals surface area contributed by atoms with Gasteiger partial charge in [0.05, 0.1) is 10.9 Å². The normalized spacial score (nSPS) is 10.3. The Balaban J connectivity index is 2.13. The fraction of sp³-hybridized carbons (Fsp3) is 0.125. The SMILES string of the molecule is Cc1ccc(C(=O)CC(=O)c2ccc(F)c(Br)c2)cc1. The molecule has 0 bridgehead atoms. The van der Waals surface area contributed by atoms with E-state index in [2.05, 4.69) is 15.9 Å². The highest BCUT2D eigenvalue weighted by molar-refractivity contribution is 9.10. The molecule has 0 aromatic heterocycles. The predicted molar refractivity (Wildman–Crippen MR) is 78.6 cm³/mol. The van der Waals surface area contributed by atoms with Crippen LogP contribution in [0.25, 0.3) is 0 Å². The first-order valence-electron chi connectivity index (χ1n) is 6.05. The van der Waals surface area contributed by atoms with Crippen LogP contribution in [-0.2, 0) is 0 Å². The van der Waals surface area contributed by atoms with Crippen LogP contribution in [0.15, 0.2) is 46.9 Å². The first-order chi connectivity index (χ1) is 9.47.